The molecule has 4 aromatic rings. The summed E-state index contributed by atoms with van der Waals surface area (Å²) in [6.45, 7) is -1.87. The van der Waals surface area contributed by atoms with Gasteiger partial charge in [-0.25, -0.2) is 9.58 Å². The summed E-state index contributed by atoms with van der Waals surface area (Å²) in [5.74, 6) is -0.220. The van der Waals surface area contributed by atoms with E-state index < -0.39 is 43.5 Å². The first-order chi connectivity index (χ1) is 20.3. The number of hydrogen-bond acceptors (Lipinski definition) is 14. The second kappa shape index (κ2) is 10.4. The Morgan fingerprint density at radius 2 is 1.93 bits per heavy atom. The van der Waals surface area contributed by atoms with Gasteiger partial charge in [-0.2, -0.15) is 21.5 Å². The van der Waals surface area contributed by atoms with Crippen molar-refractivity contribution in [3.63, 3.8) is 0 Å². The lowest BCUT2D eigenvalue weighted by molar-refractivity contribution is -0.470. The third kappa shape index (κ3) is 5.05. The van der Waals surface area contributed by atoms with E-state index in [0.29, 0.717) is 34.0 Å². The number of amides is 1. The lowest BCUT2D eigenvalue weighted by Gasteiger charge is -2.51. The minimum absolute atomic E-state index is 0.169. The third-order valence-electron chi connectivity index (χ3n) is 7.22. The predicted molar refractivity (Wildman–Crippen MR) is 144 cm³/mol. The molecule has 2 aliphatic heterocycles. The molecule has 17 heteroatoms. The predicted octanol–water partition coefficient (Wildman–Crippen LogP) is -0.694. The van der Waals surface area contributed by atoms with Gasteiger partial charge in [0.25, 0.3) is 5.91 Å². The molecule has 1 amide bonds. The van der Waals surface area contributed by atoms with Crippen LogP contribution in [0.2, 0.25) is 0 Å². The summed E-state index contributed by atoms with van der Waals surface area (Å²) in [6.07, 6.45) is -5.75. The Morgan fingerprint density at radius 3 is 2.49 bits per heavy atom. The van der Waals surface area contributed by atoms with Crippen molar-refractivity contribution in [2.24, 2.45) is 7.05 Å². The van der Waals surface area contributed by atoms with Crippen molar-refractivity contribution < 1.29 is 54.4 Å². The van der Waals surface area contributed by atoms with E-state index in [9.17, 15) is 35.4 Å². The highest BCUT2D eigenvalue weighted by atomic mass is 32.1. The van der Waals surface area contributed by atoms with Crippen LogP contribution in [0.3, 0.4) is 0 Å². The van der Waals surface area contributed by atoms with E-state index in [0.717, 1.165) is 5.69 Å². The van der Waals surface area contributed by atoms with Gasteiger partial charge in [0, 0.05) is 41.4 Å². The number of ether oxygens (including phenoxy) is 4. The normalized spacial score (nSPS) is 15.7. The zero-order chi connectivity index (χ0) is 30.7. The summed E-state index contributed by atoms with van der Waals surface area (Å²) < 4.78 is 24.6. The maximum atomic E-state index is 14.1. The van der Waals surface area contributed by atoms with Gasteiger partial charge in [0.15, 0.2) is 5.69 Å². The maximum Gasteiger partial charge on any atom is 0.405 e. The Balaban J connectivity index is 1.52. The number of aryl methyl sites for hydroxylation is 1. The summed E-state index contributed by atoms with van der Waals surface area (Å²) in [5.41, 5.74) is 1.12. The van der Waals surface area contributed by atoms with Gasteiger partial charge in [0.2, 0.25) is 0 Å². The fraction of sp³-hybridized carbons (Fsp3) is 0.346. The summed E-state index contributed by atoms with van der Waals surface area (Å²) in [7, 11) is 3.31. The zero-order valence-electron chi connectivity index (χ0n) is 22.7. The van der Waals surface area contributed by atoms with Gasteiger partial charge >= 0.3 is 12.3 Å². The van der Waals surface area contributed by atoms with E-state index >= 15 is 0 Å². The Kier molecular flexibility index (Phi) is 7.03. The fourth-order valence-corrected chi connectivity index (χ4v) is 5.86. The first-order valence-corrected chi connectivity index (χ1v) is 13.7. The van der Waals surface area contributed by atoms with E-state index in [-0.39, 0.29) is 22.8 Å². The molecule has 1 aromatic carbocycles. The molecule has 228 valence electrons. The van der Waals surface area contributed by atoms with E-state index in [4.69, 9.17) is 14.2 Å². The minimum atomic E-state index is -3.78. The van der Waals surface area contributed by atoms with Crippen molar-refractivity contribution in [2.45, 2.75) is 24.4 Å². The van der Waals surface area contributed by atoms with Gasteiger partial charge in [0.05, 0.1) is 44.0 Å². The van der Waals surface area contributed by atoms with Crippen LogP contribution < -0.4 is 9.47 Å². The Hall–Kier alpha value is -3.91. The Morgan fingerprint density at radius 1 is 1.16 bits per heavy atom. The van der Waals surface area contributed by atoms with Crippen LogP contribution in [-0.2, 0) is 23.1 Å². The Bertz CT molecular complexity index is 1670. The van der Waals surface area contributed by atoms with E-state index in [1.54, 1.807) is 35.4 Å². The van der Waals surface area contributed by atoms with Crippen LogP contribution in [0.15, 0.2) is 41.2 Å². The number of hydrogen-bond donors (Lipinski definition) is 6. The van der Waals surface area contributed by atoms with Gasteiger partial charge in [-0.1, -0.05) is 0 Å². The molecule has 1 fully saturated rings. The van der Waals surface area contributed by atoms with Crippen molar-refractivity contribution in [1.82, 2.24) is 24.5 Å². The van der Waals surface area contributed by atoms with Crippen molar-refractivity contribution in [3.05, 3.63) is 52.5 Å². The van der Waals surface area contributed by atoms with Crippen LogP contribution in [0.4, 0.5) is 0 Å². The number of carbonyl (C=O) groups is 1. The van der Waals surface area contributed by atoms with Crippen molar-refractivity contribution in [2.75, 3.05) is 26.9 Å². The van der Waals surface area contributed by atoms with Crippen molar-refractivity contribution >= 4 is 17.2 Å². The molecule has 6 rings (SSSR count). The molecule has 0 atom stereocenters. The molecule has 43 heavy (non-hydrogen) atoms. The average molecular weight is 618 g/mol. The first-order valence-electron chi connectivity index (χ1n) is 12.7. The van der Waals surface area contributed by atoms with E-state index in [1.807, 2.05) is 17.5 Å². The molecule has 0 bridgehead atoms. The number of benzene rings is 1. The second-order valence-corrected chi connectivity index (χ2v) is 10.8. The van der Waals surface area contributed by atoms with Gasteiger partial charge < -0.3 is 49.6 Å². The van der Waals surface area contributed by atoms with E-state index in [2.05, 4.69) is 14.9 Å². The molecule has 0 aliphatic carbocycles. The highest BCUT2D eigenvalue weighted by molar-refractivity contribution is 7.08. The molecular formula is C26H27N5O11S. The highest BCUT2D eigenvalue weighted by Crippen LogP contribution is 2.46. The molecule has 0 unspecified atom stereocenters. The van der Waals surface area contributed by atoms with Crippen LogP contribution in [-0.4, -0.2) is 106 Å². The molecule has 16 nitrogen and oxygen atoms in total. The number of carbonyl (C=O) groups excluding carboxylic acids is 1. The van der Waals surface area contributed by atoms with Gasteiger partial charge in [-0.3, -0.25) is 9.48 Å². The smallest absolute Gasteiger partial charge is 0.405 e. The summed E-state index contributed by atoms with van der Waals surface area (Å²) >= 11 is 1.39. The van der Waals surface area contributed by atoms with Crippen LogP contribution in [0.25, 0.3) is 28.2 Å². The topological polar surface area (TPSA) is 214 Å². The second-order valence-electron chi connectivity index (χ2n) is 10.1. The summed E-state index contributed by atoms with van der Waals surface area (Å²) in [6, 6.07) is 7.11. The van der Waals surface area contributed by atoms with Gasteiger partial charge in [-0.05, 0) is 23.6 Å². The molecular weight excluding hydrogens is 590 g/mol. The first kappa shape index (κ1) is 29.2. The average Bonchev–Trinajstić information content (AvgIpc) is 3.67. The number of thiophene rings is 1. The van der Waals surface area contributed by atoms with Crippen molar-refractivity contribution in [1.29, 1.82) is 0 Å². The van der Waals surface area contributed by atoms with Gasteiger partial charge in [0.1, 0.15) is 23.6 Å². The van der Waals surface area contributed by atoms with Crippen LogP contribution in [0.1, 0.15) is 16.1 Å². The van der Waals surface area contributed by atoms with Crippen LogP contribution in [0.5, 0.6) is 11.5 Å². The highest BCUT2D eigenvalue weighted by Gasteiger charge is 2.57. The molecule has 0 radical (unpaired) electrons. The largest absolute Gasteiger partial charge is 0.496 e. The summed E-state index contributed by atoms with van der Waals surface area (Å²) in [4.78, 5) is 14.4. The van der Waals surface area contributed by atoms with Crippen LogP contribution in [0, 0.1) is 0 Å². The molecule has 6 N–H and O–H groups in total. The number of fused-ring (bicyclic) bond motifs is 3. The number of rotatable bonds is 9. The standard InChI is InChI=1S/C26H27N5O11S/c1-29-18(3-5-27-29)15-7-16-20(8-19(15)39-2)41-9-17-21(28-30(22(16)17)14-4-6-43-10-14)23(32)31(25(33,34)35)24(11-40-12-24)13-42-26(36,37)38/h3-8,10,33-38H,9,11-13H2,1-2H3. The monoisotopic (exact) mass is 617 g/mol. The molecule has 1 saturated heterocycles. The maximum absolute atomic E-state index is 14.1. The third-order valence-corrected chi connectivity index (χ3v) is 7.89. The molecule has 3 aromatic heterocycles. The van der Waals surface area contributed by atoms with Gasteiger partial charge in [-0.15, -0.1) is 0 Å². The number of nitrogens with zero attached hydrogens (tertiary/aromatic N) is 5. The molecule has 0 spiro atoms. The van der Waals surface area contributed by atoms with E-state index in [1.165, 1.54) is 23.1 Å². The molecule has 2 aliphatic rings. The Labute approximate surface area is 246 Å². The fourth-order valence-electron chi connectivity index (χ4n) is 5.24. The molecule has 0 saturated carbocycles. The van der Waals surface area contributed by atoms with Crippen LogP contribution >= 0.6 is 11.3 Å². The molecule has 5 heterocycles. The van der Waals surface area contributed by atoms with Crippen molar-refractivity contribution in [3.8, 4) is 39.7 Å². The minimum Gasteiger partial charge on any atom is -0.496 e. The zero-order valence-corrected chi connectivity index (χ0v) is 23.6. The number of aromatic nitrogens is 4. The SMILES string of the molecule is COc1cc2c(cc1-c1ccnn1C)-c1c(c(C(=O)N(C(O)(O)O)C3(COC(O)(O)O)COC3)nn1-c1ccsc1)CO2. The quantitative estimate of drug-likeness (QED) is 0.128. The lowest BCUT2D eigenvalue weighted by atomic mass is 9.94. The lowest BCUT2D eigenvalue weighted by Crippen LogP contribution is -2.73. The summed E-state index contributed by atoms with van der Waals surface area (Å²) in [5, 5.41) is 71.2. The number of aliphatic hydroxyl groups is 6. The number of methoxy groups -OCH3 is 1.